The summed E-state index contributed by atoms with van der Waals surface area (Å²) in [6.45, 7) is 6.77. The lowest BCUT2D eigenvalue weighted by atomic mass is 10.1. The molecule has 1 heterocycles. The van der Waals surface area contributed by atoms with Crippen molar-refractivity contribution in [2.45, 2.75) is 39.8 Å². The van der Waals surface area contributed by atoms with Gasteiger partial charge in [-0.05, 0) is 24.8 Å². The molecule has 1 unspecified atom stereocenters. The van der Waals surface area contributed by atoms with Crippen LogP contribution in [0.15, 0.2) is 36.4 Å². The zero-order valence-corrected chi connectivity index (χ0v) is 14.5. The van der Waals surface area contributed by atoms with Crippen LogP contribution in [0.25, 0.3) is 0 Å². The van der Waals surface area contributed by atoms with Crippen LogP contribution in [0, 0.1) is 12.8 Å². The van der Waals surface area contributed by atoms with Gasteiger partial charge in [-0.1, -0.05) is 44.2 Å². The first-order chi connectivity index (χ1) is 11.4. The first kappa shape index (κ1) is 18.0. The van der Waals surface area contributed by atoms with Gasteiger partial charge < -0.3 is 10.4 Å². The Morgan fingerprint density at radius 3 is 2.67 bits per heavy atom. The molecule has 6 nitrogen and oxygen atoms in total. The molecular weight excluding hydrogens is 304 g/mol. The number of aromatic nitrogens is 2. The van der Waals surface area contributed by atoms with Crippen LogP contribution in [0.2, 0.25) is 0 Å². The van der Waals surface area contributed by atoms with E-state index in [1.807, 2.05) is 57.2 Å². The van der Waals surface area contributed by atoms with E-state index >= 15 is 0 Å². The molecule has 3 N–H and O–H groups in total. The summed E-state index contributed by atoms with van der Waals surface area (Å²) in [5.41, 5.74) is 1.94. The molecular formula is C18H26N4O2. The van der Waals surface area contributed by atoms with Gasteiger partial charge in [0, 0.05) is 12.6 Å². The monoisotopic (exact) mass is 330 g/mol. The Hall–Kier alpha value is -2.34. The fraction of sp³-hybridized carbons (Fsp3) is 0.444. The molecule has 130 valence electrons. The molecule has 0 aliphatic heterocycles. The zero-order valence-electron chi connectivity index (χ0n) is 14.5. The van der Waals surface area contributed by atoms with Gasteiger partial charge in [-0.3, -0.25) is 5.32 Å². The summed E-state index contributed by atoms with van der Waals surface area (Å²) in [4.78, 5) is 12.0. The number of aryl methyl sites for hydroxylation is 1. The SMILES string of the molecule is Cc1cc(NC(=O)NCC(O)CC(C)C)n(Cc2ccccc2)n1. The molecule has 1 aromatic carbocycles. The van der Waals surface area contributed by atoms with E-state index in [0.717, 1.165) is 11.3 Å². The number of urea groups is 1. The van der Waals surface area contributed by atoms with E-state index in [2.05, 4.69) is 15.7 Å². The normalized spacial score (nSPS) is 12.2. The summed E-state index contributed by atoms with van der Waals surface area (Å²) < 4.78 is 1.76. The second-order valence-corrected chi connectivity index (χ2v) is 6.43. The topological polar surface area (TPSA) is 79.2 Å². The molecule has 0 fully saturated rings. The molecule has 0 saturated heterocycles. The Labute approximate surface area is 142 Å². The van der Waals surface area contributed by atoms with Gasteiger partial charge in [0.2, 0.25) is 0 Å². The number of hydrogen-bond acceptors (Lipinski definition) is 3. The number of anilines is 1. The Morgan fingerprint density at radius 2 is 2.00 bits per heavy atom. The summed E-state index contributed by atoms with van der Waals surface area (Å²) in [6.07, 6.45) is 0.123. The molecule has 24 heavy (non-hydrogen) atoms. The Morgan fingerprint density at radius 1 is 1.29 bits per heavy atom. The molecule has 0 saturated carbocycles. The molecule has 1 atom stereocenters. The highest BCUT2D eigenvalue weighted by Gasteiger charge is 2.12. The zero-order chi connectivity index (χ0) is 17.5. The molecule has 1 aromatic heterocycles. The lowest BCUT2D eigenvalue weighted by Crippen LogP contribution is -2.36. The number of aliphatic hydroxyl groups is 1. The van der Waals surface area contributed by atoms with E-state index in [0.29, 0.717) is 24.7 Å². The minimum absolute atomic E-state index is 0.232. The van der Waals surface area contributed by atoms with Gasteiger partial charge in [0.1, 0.15) is 5.82 Å². The fourth-order valence-electron chi connectivity index (χ4n) is 2.52. The van der Waals surface area contributed by atoms with E-state index in [-0.39, 0.29) is 12.6 Å². The number of nitrogens with zero attached hydrogens (tertiary/aromatic N) is 2. The molecule has 2 rings (SSSR count). The highest BCUT2D eigenvalue weighted by Crippen LogP contribution is 2.13. The Balaban J connectivity index is 1.93. The third-order valence-electron chi connectivity index (χ3n) is 3.56. The fourth-order valence-corrected chi connectivity index (χ4v) is 2.52. The largest absolute Gasteiger partial charge is 0.391 e. The van der Waals surface area contributed by atoms with Crippen molar-refractivity contribution in [3.63, 3.8) is 0 Å². The second-order valence-electron chi connectivity index (χ2n) is 6.43. The molecule has 0 spiro atoms. The van der Waals surface area contributed by atoms with Crippen molar-refractivity contribution in [2.24, 2.45) is 5.92 Å². The average Bonchev–Trinajstić information content (AvgIpc) is 2.85. The van der Waals surface area contributed by atoms with Crippen molar-refractivity contribution in [3.8, 4) is 0 Å². The number of benzene rings is 1. The number of rotatable bonds is 7. The molecule has 0 aliphatic rings. The predicted molar refractivity (Wildman–Crippen MR) is 95.0 cm³/mol. The van der Waals surface area contributed by atoms with Gasteiger partial charge in [-0.25, -0.2) is 9.48 Å². The molecule has 6 heteroatoms. The smallest absolute Gasteiger partial charge is 0.320 e. The number of hydrogen-bond donors (Lipinski definition) is 3. The third-order valence-corrected chi connectivity index (χ3v) is 3.56. The van der Waals surface area contributed by atoms with Crippen molar-refractivity contribution < 1.29 is 9.90 Å². The summed E-state index contributed by atoms with van der Waals surface area (Å²) in [5, 5.41) is 19.7. The maximum atomic E-state index is 12.0. The number of aliphatic hydroxyl groups excluding tert-OH is 1. The van der Waals surface area contributed by atoms with E-state index in [1.54, 1.807) is 4.68 Å². The van der Waals surface area contributed by atoms with Gasteiger partial charge in [-0.15, -0.1) is 0 Å². The van der Waals surface area contributed by atoms with E-state index in [4.69, 9.17) is 0 Å². The van der Waals surface area contributed by atoms with Gasteiger partial charge in [-0.2, -0.15) is 5.10 Å². The van der Waals surface area contributed by atoms with Crippen LogP contribution in [0.4, 0.5) is 10.6 Å². The first-order valence-corrected chi connectivity index (χ1v) is 8.25. The minimum Gasteiger partial charge on any atom is -0.391 e. The summed E-state index contributed by atoms with van der Waals surface area (Å²) in [5.74, 6) is 1.02. The van der Waals surface area contributed by atoms with E-state index < -0.39 is 6.10 Å². The quantitative estimate of drug-likeness (QED) is 0.730. The molecule has 0 bridgehead atoms. The molecule has 0 aliphatic carbocycles. The average molecular weight is 330 g/mol. The van der Waals surface area contributed by atoms with Crippen molar-refractivity contribution in [3.05, 3.63) is 47.7 Å². The van der Waals surface area contributed by atoms with Crippen molar-refractivity contribution >= 4 is 11.8 Å². The predicted octanol–water partition coefficient (Wildman–Crippen LogP) is 2.77. The third kappa shape index (κ3) is 5.70. The van der Waals surface area contributed by atoms with Gasteiger partial charge >= 0.3 is 6.03 Å². The van der Waals surface area contributed by atoms with Crippen molar-refractivity contribution in [2.75, 3.05) is 11.9 Å². The first-order valence-electron chi connectivity index (χ1n) is 8.25. The van der Waals surface area contributed by atoms with Crippen LogP contribution in [0.5, 0.6) is 0 Å². The van der Waals surface area contributed by atoms with Gasteiger partial charge in [0.05, 0.1) is 18.3 Å². The van der Waals surface area contributed by atoms with Crippen LogP contribution in [-0.4, -0.2) is 33.6 Å². The number of nitrogens with one attached hydrogen (secondary N) is 2. The maximum Gasteiger partial charge on any atom is 0.320 e. The lowest BCUT2D eigenvalue weighted by Gasteiger charge is -2.14. The van der Waals surface area contributed by atoms with Crippen molar-refractivity contribution in [1.82, 2.24) is 15.1 Å². The lowest BCUT2D eigenvalue weighted by molar-refractivity contribution is 0.148. The Bertz CT molecular complexity index is 652. The van der Waals surface area contributed by atoms with Crippen LogP contribution >= 0.6 is 0 Å². The number of carbonyl (C=O) groups excluding carboxylic acids is 1. The van der Waals surface area contributed by atoms with Gasteiger partial charge in [0.15, 0.2) is 0 Å². The Kier molecular flexibility index (Phi) is 6.37. The molecule has 2 aromatic rings. The van der Waals surface area contributed by atoms with Crippen molar-refractivity contribution in [1.29, 1.82) is 0 Å². The van der Waals surface area contributed by atoms with Crippen LogP contribution in [-0.2, 0) is 6.54 Å². The van der Waals surface area contributed by atoms with Crippen LogP contribution < -0.4 is 10.6 Å². The molecule has 2 amide bonds. The van der Waals surface area contributed by atoms with Crippen LogP contribution in [0.3, 0.4) is 0 Å². The van der Waals surface area contributed by atoms with E-state index in [1.165, 1.54) is 0 Å². The van der Waals surface area contributed by atoms with E-state index in [9.17, 15) is 9.90 Å². The number of amides is 2. The molecule has 0 radical (unpaired) electrons. The second kappa shape index (κ2) is 8.49. The van der Waals surface area contributed by atoms with Gasteiger partial charge in [0.25, 0.3) is 0 Å². The summed E-state index contributed by atoms with van der Waals surface area (Å²) in [6, 6.07) is 11.4. The maximum absolute atomic E-state index is 12.0. The highest BCUT2D eigenvalue weighted by molar-refractivity contribution is 5.88. The summed E-state index contributed by atoms with van der Waals surface area (Å²) >= 11 is 0. The number of carbonyl (C=O) groups is 1. The highest BCUT2D eigenvalue weighted by atomic mass is 16.3. The summed E-state index contributed by atoms with van der Waals surface area (Å²) in [7, 11) is 0. The minimum atomic E-state index is -0.535. The van der Waals surface area contributed by atoms with Crippen LogP contribution in [0.1, 0.15) is 31.5 Å². The standard InChI is InChI=1S/C18H26N4O2/c1-13(2)9-16(23)11-19-18(24)20-17-10-14(3)21-22(17)12-15-7-5-4-6-8-15/h4-8,10,13,16,23H,9,11-12H2,1-3H3,(H2,19,20,24).